The number of rotatable bonds is 8. The summed E-state index contributed by atoms with van der Waals surface area (Å²) in [6.45, 7) is 5.25. The Labute approximate surface area is 201 Å². The fourth-order valence-electron chi connectivity index (χ4n) is 5.56. The summed E-state index contributed by atoms with van der Waals surface area (Å²) in [6.07, 6.45) is 6.78. The van der Waals surface area contributed by atoms with Gasteiger partial charge in [-0.05, 0) is 62.8 Å². The first-order valence-electron chi connectivity index (χ1n) is 12.7. The lowest BCUT2D eigenvalue weighted by Gasteiger charge is -2.39. The van der Waals surface area contributed by atoms with Crippen molar-refractivity contribution >= 4 is 11.8 Å². The van der Waals surface area contributed by atoms with Crippen molar-refractivity contribution in [3.63, 3.8) is 0 Å². The van der Waals surface area contributed by atoms with E-state index < -0.39 is 0 Å². The first kappa shape index (κ1) is 23.0. The van der Waals surface area contributed by atoms with Gasteiger partial charge in [-0.2, -0.15) is 4.98 Å². The van der Waals surface area contributed by atoms with Gasteiger partial charge in [0.05, 0.1) is 12.6 Å². The van der Waals surface area contributed by atoms with Gasteiger partial charge in [0.15, 0.2) is 5.82 Å². The standard InChI is InChI=1S/C26H35N5O3/c1-19-28-24(34-29-19)22-16-26(11-14-30(15-12-26)25(33)21-9-10-21)18-31(22)17-23(32)27-13-5-8-20-6-3-2-4-7-20/h2-4,6-7,21-22H,5,8-18H2,1H3,(H,27,32). The Morgan fingerprint density at radius 1 is 1.18 bits per heavy atom. The summed E-state index contributed by atoms with van der Waals surface area (Å²) in [5.74, 6) is 1.86. The smallest absolute Gasteiger partial charge is 0.244 e. The molecule has 8 nitrogen and oxygen atoms in total. The molecule has 0 bridgehead atoms. The molecule has 182 valence electrons. The van der Waals surface area contributed by atoms with Crippen LogP contribution in [0.4, 0.5) is 0 Å². The molecule has 3 fully saturated rings. The molecule has 34 heavy (non-hydrogen) atoms. The number of amides is 2. The van der Waals surface area contributed by atoms with Gasteiger partial charge >= 0.3 is 0 Å². The van der Waals surface area contributed by atoms with Crippen LogP contribution in [-0.4, -0.2) is 64.5 Å². The van der Waals surface area contributed by atoms with Crippen LogP contribution in [0.15, 0.2) is 34.9 Å². The number of benzene rings is 1. The highest BCUT2D eigenvalue weighted by molar-refractivity contribution is 5.81. The Hall–Kier alpha value is -2.74. The molecule has 0 radical (unpaired) electrons. The molecule has 1 aliphatic carbocycles. The average Bonchev–Trinajstić information content (AvgIpc) is 3.52. The van der Waals surface area contributed by atoms with E-state index in [1.54, 1.807) is 0 Å². The average molecular weight is 466 g/mol. The summed E-state index contributed by atoms with van der Waals surface area (Å²) in [6, 6.07) is 10.3. The predicted molar refractivity (Wildman–Crippen MR) is 127 cm³/mol. The van der Waals surface area contributed by atoms with Crippen molar-refractivity contribution in [1.82, 2.24) is 25.3 Å². The van der Waals surface area contributed by atoms with Crippen LogP contribution in [0.2, 0.25) is 0 Å². The number of nitrogens with one attached hydrogen (secondary N) is 1. The van der Waals surface area contributed by atoms with Crippen LogP contribution in [0.5, 0.6) is 0 Å². The van der Waals surface area contributed by atoms with Crippen LogP contribution < -0.4 is 5.32 Å². The Morgan fingerprint density at radius 2 is 1.94 bits per heavy atom. The molecule has 2 saturated heterocycles. The van der Waals surface area contributed by atoms with Gasteiger partial charge in [0.1, 0.15) is 0 Å². The fourth-order valence-corrected chi connectivity index (χ4v) is 5.56. The van der Waals surface area contributed by atoms with E-state index in [0.29, 0.717) is 30.7 Å². The molecule has 5 rings (SSSR count). The monoisotopic (exact) mass is 465 g/mol. The zero-order chi connectivity index (χ0) is 23.5. The molecule has 2 amide bonds. The van der Waals surface area contributed by atoms with Crippen LogP contribution in [0, 0.1) is 18.3 Å². The maximum atomic E-state index is 12.8. The number of hydrogen-bond acceptors (Lipinski definition) is 6. The van der Waals surface area contributed by atoms with Crippen LogP contribution in [0.3, 0.4) is 0 Å². The molecule has 1 aromatic carbocycles. The number of piperidine rings is 1. The van der Waals surface area contributed by atoms with E-state index in [2.05, 4.69) is 37.4 Å². The molecule has 1 unspecified atom stereocenters. The number of likely N-dealkylation sites (tertiary alicyclic amines) is 2. The second kappa shape index (κ2) is 9.86. The zero-order valence-corrected chi connectivity index (χ0v) is 20.0. The quantitative estimate of drug-likeness (QED) is 0.603. The SMILES string of the molecule is Cc1noc(C2CC3(CCN(C(=O)C4CC4)CC3)CN2CC(=O)NCCCc2ccccc2)n1. The predicted octanol–water partition coefficient (Wildman–Crippen LogP) is 2.89. The molecule has 1 spiro atoms. The van der Waals surface area contributed by atoms with Gasteiger partial charge in [-0.25, -0.2) is 0 Å². The maximum absolute atomic E-state index is 12.8. The van der Waals surface area contributed by atoms with Crippen molar-refractivity contribution in [2.24, 2.45) is 11.3 Å². The van der Waals surface area contributed by atoms with Gasteiger partial charge in [0.2, 0.25) is 17.7 Å². The van der Waals surface area contributed by atoms with Gasteiger partial charge in [-0.3, -0.25) is 14.5 Å². The van der Waals surface area contributed by atoms with Crippen molar-refractivity contribution < 1.29 is 14.1 Å². The van der Waals surface area contributed by atoms with Crippen LogP contribution in [-0.2, 0) is 16.0 Å². The number of nitrogens with zero attached hydrogens (tertiary/aromatic N) is 4. The van der Waals surface area contributed by atoms with Gasteiger partial charge in [-0.15, -0.1) is 0 Å². The van der Waals surface area contributed by atoms with Crippen molar-refractivity contribution in [3.8, 4) is 0 Å². The number of carbonyl (C=O) groups excluding carboxylic acids is 2. The Bertz CT molecular complexity index is 995. The second-order valence-electron chi connectivity index (χ2n) is 10.3. The van der Waals surface area contributed by atoms with Crippen molar-refractivity contribution in [2.45, 2.75) is 57.9 Å². The highest BCUT2D eigenvalue weighted by atomic mass is 16.5. The number of carbonyl (C=O) groups is 2. The van der Waals surface area contributed by atoms with Gasteiger partial charge in [0.25, 0.3) is 0 Å². The van der Waals surface area contributed by atoms with E-state index in [9.17, 15) is 9.59 Å². The minimum Gasteiger partial charge on any atom is -0.355 e. The van der Waals surface area contributed by atoms with E-state index in [4.69, 9.17) is 4.52 Å². The first-order chi connectivity index (χ1) is 16.5. The van der Waals surface area contributed by atoms with Gasteiger partial charge < -0.3 is 14.7 Å². The molecular weight excluding hydrogens is 430 g/mol. The molecule has 8 heteroatoms. The summed E-state index contributed by atoms with van der Waals surface area (Å²) < 4.78 is 5.54. The lowest BCUT2D eigenvalue weighted by atomic mass is 9.76. The van der Waals surface area contributed by atoms with Crippen LogP contribution >= 0.6 is 0 Å². The Balaban J connectivity index is 1.17. The molecule has 2 aliphatic heterocycles. The van der Waals surface area contributed by atoms with Crippen LogP contribution in [0.25, 0.3) is 0 Å². The van der Waals surface area contributed by atoms with E-state index in [0.717, 1.165) is 64.6 Å². The van der Waals surface area contributed by atoms with Crippen LogP contribution in [0.1, 0.15) is 61.8 Å². The van der Waals surface area contributed by atoms with Crippen molar-refractivity contribution in [1.29, 1.82) is 0 Å². The minimum absolute atomic E-state index is 0.0349. The van der Waals surface area contributed by atoms with Crippen molar-refractivity contribution in [3.05, 3.63) is 47.6 Å². The summed E-state index contributed by atoms with van der Waals surface area (Å²) in [7, 11) is 0. The molecule has 1 aromatic heterocycles. The number of hydrogen-bond donors (Lipinski definition) is 1. The Kier molecular flexibility index (Phi) is 6.68. The topological polar surface area (TPSA) is 91.6 Å². The molecule has 1 saturated carbocycles. The third-order valence-electron chi connectivity index (χ3n) is 7.65. The van der Waals surface area contributed by atoms with E-state index in [1.165, 1.54) is 5.56 Å². The molecule has 3 heterocycles. The number of aromatic nitrogens is 2. The third-order valence-corrected chi connectivity index (χ3v) is 7.65. The highest BCUT2D eigenvalue weighted by Crippen LogP contribution is 2.49. The fraction of sp³-hybridized carbons (Fsp3) is 0.615. The summed E-state index contributed by atoms with van der Waals surface area (Å²) in [4.78, 5) is 34.1. The molecular formula is C26H35N5O3. The Morgan fingerprint density at radius 3 is 2.62 bits per heavy atom. The maximum Gasteiger partial charge on any atom is 0.244 e. The normalized spacial score (nSPS) is 22.3. The van der Waals surface area contributed by atoms with Crippen molar-refractivity contribution in [2.75, 3.05) is 32.7 Å². The summed E-state index contributed by atoms with van der Waals surface area (Å²) in [5.41, 5.74) is 1.37. The first-order valence-corrected chi connectivity index (χ1v) is 12.7. The van der Waals surface area contributed by atoms with E-state index in [1.807, 2.05) is 25.1 Å². The van der Waals surface area contributed by atoms with E-state index >= 15 is 0 Å². The minimum atomic E-state index is -0.0537. The lowest BCUT2D eigenvalue weighted by molar-refractivity contribution is -0.134. The zero-order valence-electron chi connectivity index (χ0n) is 20.0. The number of aryl methyl sites for hydroxylation is 2. The lowest BCUT2D eigenvalue weighted by Crippen LogP contribution is -2.45. The molecule has 1 atom stereocenters. The highest BCUT2D eigenvalue weighted by Gasteiger charge is 2.49. The molecule has 1 N–H and O–H groups in total. The molecule has 2 aromatic rings. The largest absolute Gasteiger partial charge is 0.355 e. The van der Waals surface area contributed by atoms with Gasteiger partial charge in [0, 0.05) is 32.1 Å². The van der Waals surface area contributed by atoms with Gasteiger partial charge in [-0.1, -0.05) is 35.5 Å². The second-order valence-corrected chi connectivity index (χ2v) is 10.3. The summed E-state index contributed by atoms with van der Waals surface area (Å²) >= 11 is 0. The third kappa shape index (κ3) is 5.32. The summed E-state index contributed by atoms with van der Waals surface area (Å²) in [5, 5.41) is 7.08. The molecule has 3 aliphatic rings. The van der Waals surface area contributed by atoms with E-state index in [-0.39, 0.29) is 23.3 Å².